The number of benzene rings is 6. The van der Waals surface area contributed by atoms with E-state index in [9.17, 15) is 62.3 Å². The Balaban J connectivity index is 0.000000284. The van der Waals surface area contributed by atoms with Crippen molar-refractivity contribution >= 4 is 51.0 Å². The first-order valence-corrected chi connectivity index (χ1v) is 17.7. The van der Waals surface area contributed by atoms with Crippen LogP contribution in [0.25, 0.3) is 10.9 Å². The molecule has 0 bridgehead atoms. The first kappa shape index (κ1) is 48.2. The zero-order valence-corrected chi connectivity index (χ0v) is 31.5. The summed E-state index contributed by atoms with van der Waals surface area (Å²) >= 11 is 0. The van der Waals surface area contributed by atoms with Crippen molar-refractivity contribution in [3.05, 3.63) is 194 Å². The summed E-state index contributed by atoms with van der Waals surface area (Å²) in [4.78, 5) is 23.6. The first-order valence-electron chi connectivity index (χ1n) is 17.7. The third-order valence-electron chi connectivity index (χ3n) is 10.2. The van der Waals surface area contributed by atoms with Crippen LogP contribution in [0.15, 0.2) is 66.7 Å². The van der Waals surface area contributed by atoms with Gasteiger partial charge >= 0.3 is 0 Å². The number of pyridine rings is 1. The SMILES string of the molecule is Fc1c(F)c(F)c([B-](c2c(F)c(F)c(F)c(F)c2F)(c2c(F)c(F)c(F)c(F)c2F)c2c(F)c(F)c(F)c(F)c2F)c(F)c1F.O=Cc1ccc2ccccc2[n+]1CC(=O)c1ccccc1. The maximum Gasteiger partial charge on any atom is 0.246 e. The van der Waals surface area contributed by atoms with E-state index in [1.54, 1.807) is 22.8 Å². The molecule has 0 spiro atoms. The summed E-state index contributed by atoms with van der Waals surface area (Å²) in [5.41, 5.74) is -12.3. The van der Waals surface area contributed by atoms with Gasteiger partial charge in [-0.2, -0.15) is 4.57 Å². The van der Waals surface area contributed by atoms with Gasteiger partial charge in [0.05, 0.1) is 0 Å². The van der Waals surface area contributed by atoms with Crippen molar-refractivity contribution < 1.29 is 102 Å². The summed E-state index contributed by atoms with van der Waals surface area (Å²) in [5.74, 6) is -71.4. The summed E-state index contributed by atoms with van der Waals surface area (Å²) in [6, 6.07) is 20.5. The summed E-state index contributed by atoms with van der Waals surface area (Å²) in [6.45, 7) is 0.152. The normalized spacial score (nSPS) is 11.5. The second-order valence-electron chi connectivity index (χ2n) is 13.6. The molecule has 342 valence electrons. The third kappa shape index (κ3) is 7.36. The van der Waals surface area contributed by atoms with Gasteiger partial charge in [0.15, 0.2) is 69.8 Å². The van der Waals surface area contributed by atoms with E-state index in [1.807, 2.05) is 48.5 Å². The molecule has 0 amide bonds. The number of hydrogen-bond donors (Lipinski definition) is 0. The Labute approximate surface area is 353 Å². The van der Waals surface area contributed by atoms with Crippen molar-refractivity contribution in [2.75, 3.05) is 0 Å². The number of hydrogen-bond acceptors (Lipinski definition) is 2. The molecule has 3 nitrogen and oxygen atoms in total. The summed E-state index contributed by atoms with van der Waals surface area (Å²) in [5, 5.41) is 1.00. The lowest BCUT2D eigenvalue weighted by Crippen LogP contribution is -2.81. The Morgan fingerprint density at radius 3 is 0.985 bits per heavy atom. The van der Waals surface area contributed by atoms with Crippen LogP contribution in [0.4, 0.5) is 87.8 Å². The topological polar surface area (TPSA) is 38.0 Å². The fraction of sp³-hybridized carbons (Fsp3) is 0.0238. The van der Waals surface area contributed by atoms with E-state index in [-0.39, 0.29) is 12.3 Å². The van der Waals surface area contributed by atoms with Crippen molar-refractivity contribution in [1.82, 2.24) is 0 Å². The molecule has 0 radical (unpaired) electrons. The van der Waals surface area contributed by atoms with Crippen molar-refractivity contribution in [3.63, 3.8) is 0 Å². The smallest absolute Gasteiger partial charge is 0.246 e. The quantitative estimate of drug-likeness (QED) is 0.0291. The second kappa shape index (κ2) is 18.0. The molecule has 66 heavy (non-hydrogen) atoms. The molecule has 0 fully saturated rings. The molecule has 0 aliphatic rings. The molecule has 0 saturated carbocycles. The highest BCUT2D eigenvalue weighted by molar-refractivity contribution is 7.20. The molecule has 0 atom stereocenters. The van der Waals surface area contributed by atoms with Gasteiger partial charge in [-0.1, -0.05) is 42.5 Å². The Bertz CT molecular complexity index is 2780. The van der Waals surface area contributed by atoms with Crippen LogP contribution in [0, 0.1) is 116 Å². The molecule has 6 aromatic carbocycles. The van der Waals surface area contributed by atoms with Crippen LogP contribution in [0.2, 0.25) is 0 Å². The minimum absolute atomic E-state index is 0.0138. The van der Waals surface area contributed by atoms with Crippen molar-refractivity contribution in [1.29, 1.82) is 0 Å². The van der Waals surface area contributed by atoms with Crippen LogP contribution >= 0.6 is 0 Å². The number of nitrogens with zero attached hydrogens (tertiary/aromatic N) is 1. The Morgan fingerprint density at radius 2 is 0.667 bits per heavy atom. The number of halogens is 20. The Hall–Kier alpha value is -7.27. The highest BCUT2D eigenvalue weighted by Gasteiger charge is 2.52. The number of carbonyl (C=O) groups excluding carboxylic acids is 2. The molecule has 0 N–H and O–H groups in total. The van der Waals surface area contributed by atoms with Crippen LogP contribution < -0.4 is 26.4 Å². The number of aldehydes is 1. The number of carbonyl (C=O) groups is 2. The van der Waals surface area contributed by atoms with E-state index in [2.05, 4.69) is 0 Å². The largest absolute Gasteiger partial charge is 0.291 e. The molecular formula is C42H14BF20NO2. The summed E-state index contributed by atoms with van der Waals surface area (Å²) in [6.07, 6.45) is -6.43. The molecular weight excluding hydrogens is 941 g/mol. The van der Waals surface area contributed by atoms with Gasteiger partial charge in [0, 0.05) is 23.1 Å². The average molecular weight is 955 g/mol. The van der Waals surface area contributed by atoms with E-state index in [4.69, 9.17) is 0 Å². The molecule has 7 rings (SSSR count). The van der Waals surface area contributed by atoms with Gasteiger partial charge < -0.3 is 0 Å². The first-order chi connectivity index (χ1) is 31.0. The van der Waals surface area contributed by atoms with Gasteiger partial charge in [0.2, 0.25) is 29.8 Å². The Morgan fingerprint density at radius 1 is 0.379 bits per heavy atom. The summed E-state index contributed by atoms with van der Waals surface area (Å²) in [7, 11) is 0. The lowest BCUT2D eigenvalue weighted by molar-refractivity contribution is -0.658. The minimum atomic E-state index is -7.22. The van der Waals surface area contributed by atoms with E-state index < -0.39 is 144 Å². The van der Waals surface area contributed by atoms with Gasteiger partial charge in [-0.05, 0) is 12.1 Å². The van der Waals surface area contributed by atoms with Crippen LogP contribution in [-0.4, -0.2) is 18.2 Å². The predicted molar refractivity (Wildman–Crippen MR) is 190 cm³/mol. The zero-order valence-electron chi connectivity index (χ0n) is 31.5. The summed E-state index contributed by atoms with van der Waals surface area (Å²) < 4.78 is 296. The van der Waals surface area contributed by atoms with Crippen LogP contribution in [0.1, 0.15) is 20.8 Å². The number of para-hydroxylation sites is 1. The number of aromatic nitrogens is 1. The monoisotopic (exact) mass is 955 g/mol. The lowest BCUT2D eigenvalue weighted by atomic mass is 9.12. The number of ketones is 1. The van der Waals surface area contributed by atoms with Crippen LogP contribution in [-0.2, 0) is 6.54 Å². The number of Topliss-reactive ketones (excluding diaryl/α,β-unsaturated/α-hetero) is 1. The van der Waals surface area contributed by atoms with E-state index >= 15 is 35.1 Å². The average Bonchev–Trinajstić information content (AvgIpc) is 3.31. The Kier molecular flexibility index (Phi) is 13.1. The van der Waals surface area contributed by atoms with Gasteiger partial charge in [-0.15, -0.1) is 21.9 Å². The third-order valence-corrected chi connectivity index (χ3v) is 10.2. The fourth-order valence-corrected chi connectivity index (χ4v) is 7.29. The highest BCUT2D eigenvalue weighted by atomic mass is 19.2. The second-order valence-corrected chi connectivity index (χ2v) is 13.6. The molecule has 0 unspecified atom stereocenters. The number of rotatable bonds is 8. The van der Waals surface area contributed by atoms with E-state index in [1.165, 1.54) is 0 Å². The molecule has 24 heteroatoms. The number of fused-ring (bicyclic) bond motifs is 1. The van der Waals surface area contributed by atoms with Gasteiger partial charge in [0.1, 0.15) is 52.7 Å². The zero-order chi connectivity index (χ0) is 49.0. The predicted octanol–water partition coefficient (Wildman–Crippen LogP) is 8.67. The maximum absolute atomic E-state index is 15.4. The highest BCUT2D eigenvalue weighted by Crippen LogP contribution is 2.31. The van der Waals surface area contributed by atoms with Crippen LogP contribution in [0.5, 0.6) is 0 Å². The van der Waals surface area contributed by atoms with E-state index in [0.717, 1.165) is 17.2 Å². The molecule has 0 saturated heterocycles. The maximum atomic E-state index is 15.4. The standard InChI is InChI=1S/C24BF20.C18H14NO2/c26-5-1(6(27)14(35)21(42)13(5)34)25(2-7(28)15(36)22(43)16(37)8(2)29,3-9(30)17(38)23(44)18(39)10(3)31)4-11(32)19(40)24(45)20(41)12(4)33;20-13-16-11-10-14-6-4-5-9-17(14)19(16)12-18(21)15-7-2-1-3-8-15/h;1-11,13H,12H2/q-1;+1. The lowest BCUT2D eigenvalue weighted by Gasteiger charge is -2.44. The van der Waals surface area contributed by atoms with E-state index in [0.29, 0.717) is 11.3 Å². The van der Waals surface area contributed by atoms with Gasteiger partial charge in [-0.25, -0.2) is 87.8 Å². The van der Waals surface area contributed by atoms with Crippen molar-refractivity contribution in [2.45, 2.75) is 6.54 Å². The fourth-order valence-electron chi connectivity index (χ4n) is 7.29. The van der Waals surface area contributed by atoms with Crippen LogP contribution in [0.3, 0.4) is 0 Å². The minimum Gasteiger partial charge on any atom is -0.291 e. The van der Waals surface area contributed by atoms with Gasteiger partial charge in [0.25, 0.3) is 0 Å². The van der Waals surface area contributed by atoms with Crippen molar-refractivity contribution in [2.24, 2.45) is 0 Å². The molecule has 1 heterocycles. The molecule has 0 aliphatic carbocycles. The van der Waals surface area contributed by atoms with Crippen molar-refractivity contribution in [3.8, 4) is 0 Å². The van der Waals surface area contributed by atoms with Gasteiger partial charge in [-0.3, -0.25) is 9.59 Å². The molecule has 1 aromatic heterocycles. The molecule has 7 aromatic rings. The molecule has 0 aliphatic heterocycles.